The predicted molar refractivity (Wildman–Crippen MR) is 107 cm³/mol. The smallest absolute Gasteiger partial charge is 0.234 e. The van der Waals surface area contributed by atoms with Crippen LogP contribution in [0.1, 0.15) is 25.1 Å². The normalized spacial score (nSPS) is 11.4. The number of nitrogens with zero attached hydrogens (tertiary/aromatic N) is 2. The number of halogens is 1. The van der Waals surface area contributed by atoms with E-state index < -0.39 is 5.41 Å². The highest BCUT2D eigenvalue weighted by Crippen LogP contribution is 2.34. The molecule has 0 atom stereocenters. The molecule has 0 aliphatic heterocycles. The van der Waals surface area contributed by atoms with Crippen LogP contribution in [0.2, 0.25) is 0 Å². The molecule has 28 heavy (non-hydrogen) atoms. The van der Waals surface area contributed by atoms with Crippen molar-refractivity contribution in [1.29, 1.82) is 5.41 Å². The first-order valence-electron chi connectivity index (χ1n) is 8.89. The van der Waals surface area contributed by atoms with Crippen molar-refractivity contribution in [3.05, 3.63) is 71.7 Å². The molecule has 3 rings (SSSR count). The Kier molecular flexibility index (Phi) is 5.46. The molecule has 0 aliphatic rings. The number of rotatable bonds is 6. The summed E-state index contributed by atoms with van der Waals surface area (Å²) in [6.07, 6.45) is 0. The van der Waals surface area contributed by atoms with Crippen LogP contribution in [0.4, 0.5) is 10.3 Å². The number of aliphatic hydroxyl groups excluding tert-OH is 1. The fourth-order valence-corrected chi connectivity index (χ4v) is 3.05. The fourth-order valence-electron chi connectivity index (χ4n) is 3.05. The highest BCUT2D eigenvalue weighted by molar-refractivity contribution is 5.91. The summed E-state index contributed by atoms with van der Waals surface area (Å²) in [5, 5.41) is 20.9. The van der Waals surface area contributed by atoms with E-state index in [0.717, 1.165) is 11.1 Å². The molecule has 0 unspecified atom stereocenters. The summed E-state index contributed by atoms with van der Waals surface area (Å²) in [6, 6.07) is 16.0. The average Bonchev–Trinajstić information content (AvgIpc) is 3.17. The van der Waals surface area contributed by atoms with Crippen LogP contribution in [-0.2, 0) is 5.41 Å². The molecule has 0 amide bonds. The van der Waals surface area contributed by atoms with Gasteiger partial charge < -0.3 is 15.4 Å². The topological polar surface area (TPSA) is 99.4 Å². The third kappa shape index (κ3) is 3.75. The van der Waals surface area contributed by atoms with Crippen molar-refractivity contribution in [2.75, 3.05) is 18.1 Å². The number of anilines is 1. The maximum atomic E-state index is 14.0. The summed E-state index contributed by atoms with van der Waals surface area (Å²) >= 11 is 0. The lowest BCUT2D eigenvalue weighted by Gasteiger charge is -2.23. The first kappa shape index (κ1) is 19.6. The maximum absolute atomic E-state index is 14.0. The fraction of sp³-hybridized carbons (Fsp3) is 0.238. The van der Waals surface area contributed by atoms with Gasteiger partial charge in [0, 0.05) is 17.0 Å². The Hall–Kier alpha value is -3.19. The van der Waals surface area contributed by atoms with Crippen LogP contribution in [0.3, 0.4) is 0 Å². The number of guanidine groups is 1. The number of nitrogens with two attached hydrogens (primary N) is 1. The number of hydrogen-bond donors (Lipinski definition) is 3. The molecule has 1 aromatic heterocycles. The molecule has 0 spiro atoms. The number of nitrogens with one attached hydrogen (secondary N) is 1. The first-order chi connectivity index (χ1) is 13.3. The van der Waals surface area contributed by atoms with Gasteiger partial charge in [0.15, 0.2) is 5.96 Å². The molecule has 2 aromatic carbocycles. The van der Waals surface area contributed by atoms with Crippen LogP contribution >= 0.6 is 0 Å². The zero-order valence-electron chi connectivity index (χ0n) is 15.8. The second-order valence-corrected chi connectivity index (χ2v) is 6.99. The zero-order valence-corrected chi connectivity index (χ0v) is 15.8. The lowest BCUT2D eigenvalue weighted by molar-refractivity contribution is 0.302. The van der Waals surface area contributed by atoms with Crippen molar-refractivity contribution >= 4 is 11.8 Å². The first-order valence-corrected chi connectivity index (χ1v) is 8.89. The summed E-state index contributed by atoms with van der Waals surface area (Å²) in [7, 11) is 0. The van der Waals surface area contributed by atoms with Crippen molar-refractivity contribution in [2.45, 2.75) is 19.3 Å². The minimum Gasteiger partial charge on any atom is -0.395 e. The van der Waals surface area contributed by atoms with Crippen LogP contribution < -0.4 is 10.6 Å². The molecule has 0 saturated carbocycles. The van der Waals surface area contributed by atoms with Gasteiger partial charge in [-0.05, 0) is 17.2 Å². The molecule has 0 fully saturated rings. The summed E-state index contributed by atoms with van der Waals surface area (Å²) < 4.78 is 19.4. The third-order valence-corrected chi connectivity index (χ3v) is 4.81. The number of aromatic nitrogens is 1. The van der Waals surface area contributed by atoms with Crippen molar-refractivity contribution in [3.8, 4) is 11.1 Å². The Bertz CT molecular complexity index is 967. The zero-order chi connectivity index (χ0) is 20.3. The molecule has 0 aliphatic carbocycles. The summed E-state index contributed by atoms with van der Waals surface area (Å²) in [5.41, 5.74) is 8.04. The van der Waals surface area contributed by atoms with Gasteiger partial charge in [-0.3, -0.25) is 10.3 Å². The Morgan fingerprint density at radius 1 is 1.21 bits per heavy atom. The van der Waals surface area contributed by atoms with Crippen molar-refractivity contribution < 1.29 is 14.0 Å². The standard InChI is InChI=1S/C21H23FN4O2/c1-21(2,18-13-19(28-25-18)26(11-12-27)20(23)24)15-9-7-14(8-10-15)16-5-3-4-6-17(16)22/h3-10,13,27H,11-12H2,1-2H3,(H3,23,24). The summed E-state index contributed by atoms with van der Waals surface area (Å²) in [6.45, 7) is 3.96. The number of benzene rings is 2. The molecule has 0 radical (unpaired) electrons. The van der Waals surface area contributed by atoms with Gasteiger partial charge in [0.1, 0.15) is 5.82 Å². The lowest BCUT2D eigenvalue weighted by Crippen LogP contribution is -2.38. The largest absolute Gasteiger partial charge is 0.395 e. The van der Waals surface area contributed by atoms with Crippen LogP contribution in [0.25, 0.3) is 11.1 Å². The van der Waals surface area contributed by atoms with Gasteiger partial charge in [-0.25, -0.2) is 4.39 Å². The Morgan fingerprint density at radius 3 is 2.50 bits per heavy atom. The van der Waals surface area contributed by atoms with Gasteiger partial charge in [0.25, 0.3) is 0 Å². The van der Waals surface area contributed by atoms with E-state index in [1.165, 1.54) is 11.0 Å². The van der Waals surface area contributed by atoms with Gasteiger partial charge in [0.2, 0.25) is 5.88 Å². The van der Waals surface area contributed by atoms with E-state index in [1.54, 1.807) is 24.3 Å². The van der Waals surface area contributed by atoms with Crippen molar-refractivity contribution in [2.24, 2.45) is 5.73 Å². The van der Waals surface area contributed by atoms with Gasteiger partial charge in [0.05, 0.1) is 18.8 Å². The molecule has 1 heterocycles. The van der Waals surface area contributed by atoms with E-state index in [2.05, 4.69) is 5.16 Å². The maximum Gasteiger partial charge on any atom is 0.234 e. The SMILES string of the molecule is CC(C)(c1ccc(-c2ccccc2F)cc1)c1cc(N(CCO)C(=N)N)on1. The minimum atomic E-state index is -0.489. The second kappa shape index (κ2) is 7.82. The van der Waals surface area contributed by atoms with Gasteiger partial charge in [-0.2, -0.15) is 0 Å². The van der Waals surface area contributed by atoms with Crippen molar-refractivity contribution in [3.63, 3.8) is 0 Å². The second-order valence-electron chi connectivity index (χ2n) is 6.99. The van der Waals surface area contributed by atoms with Crippen LogP contribution in [0.15, 0.2) is 59.1 Å². The van der Waals surface area contributed by atoms with E-state index in [4.69, 9.17) is 20.8 Å². The monoisotopic (exact) mass is 382 g/mol. The molecule has 146 valence electrons. The molecular weight excluding hydrogens is 359 g/mol. The van der Waals surface area contributed by atoms with Crippen molar-refractivity contribution in [1.82, 2.24) is 5.16 Å². The summed E-state index contributed by atoms with van der Waals surface area (Å²) in [5.74, 6) is -0.194. The Morgan fingerprint density at radius 2 is 1.89 bits per heavy atom. The molecule has 0 saturated heterocycles. The van der Waals surface area contributed by atoms with E-state index in [9.17, 15) is 4.39 Å². The van der Waals surface area contributed by atoms with E-state index in [1.807, 2.05) is 38.1 Å². The third-order valence-electron chi connectivity index (χ3n) is 4.81. The van der Waals surface area contributed by atoms with E-state index in [0.29, 0.717) is 17.1 Å². The quantitative estimate of drug-likeness (QED) is 0.448. The predicted octanol–water partition coefficient (Wildman–Crippen LogP) is 3.50. The molecule has 4 N–H and O–H groups in total. The number of hydrogen-bond acceptors (Lipinski definition) is 4. The van der Waals surface area contributed by atoms with Gasteiger partial charge >= 0.3 is 0 Å². The van der Waals surface area contributed by atoms with Crippen LogP contribution in [-0.4, -0.2) is 29.4 Å². The van der Waals surface area contributed by atoms with Gasteiger partial charge in [-0.1, -0.05) is 61.5 Å². The average molecular weight is 382 g/mol. The molecular formula is C21H23FN4O2. The number of aliphatic hydroxyl groups is 1. The Labute approximate surface area is 162 Å². The molecule has 0 bridgehead atoms. The van der Waals surface area contributed by atoms with E-state index in [-0.39, 0.29) is 24.9 Å². The molecule has 7 heteroatoms. The highest BCUT2D eigenvalue weighted by Gasteiger charge is 2.28. The lowest BCUT2D eigenvalue weighted by atomic mass is 9.81. The molecule has 3 aromatic rings. The summed E-state index contributed by atoms with van der Waals surface area (Å²) in [4.78, 5) is 1.34. The Balaban J connectivity index is 1.89. The van der Waals surface area contributed by atoms with Crippen LogP contribution in [0.5, 0.6) is 0 Å². The van der Waals surface area contributed by atoms with Crippen LogP contribution in [0, 0.1) is 11.2 Å². The van der Waals surface area contributed by atoms with E-state index >= 15 is 0 Å². The highest BCUT2D eigenvalue weighted by atomic mass is 19.1. The molecule has 6 nitrogen and oxygen atoms in total. The van der Waals surface area contributed by atoms with Gasteiger partial charge in [-0.15, -0.1) is 0 Å². The minimum absolute atomic E-state index is 0.141.